The zero-order chi connectivity index (χ0) is 17.6. The van der Waals surface area contributed by atoms with Crippen LogP contribution in [0, 0.1) is 5.92 Å². The quantitative estimate of drug-likeness (QED) is 0.864. The lowest BCUT2D eigenvalue weighted by atomic mass is 9.98. The fourth-order valence-electron chi connectivity index (χ4n) is 3.01. The molecule has 5 nitrogen and oxygen atoms in total. The van der Waals surface area contributed by atoms with Crippen LogP contribution in [0.15, 0.2) is 54.6 Å². The number of rotatable bonds is 4. The molecule has 1 aliphatic heterocycles. The second kappa shape index (κ2) is 9.36. The van der Waals surface area contributed by atoms with Crippen LogP contribution in [-0.2, 0) is 4.79 Å². The van der Waals surface area contributed by atoms with Crippen LogP contribution in [0.25, 0.3) is 0 Å². The van der Waals surface area contributed by atoms with Gasteiger partial charge in [-0.15, -0.1) is 12.4 Å². The molecule has 0 saturated carbocycles. The molecule has 0 bridgehead atoms. The monoisotopic (exact) mass is 373 g/mol. The average molecular weight is 374 g/mol. The minimum absolute atomic E-state index is 0. The van der Waals surface area contributed by atoms with Crippen LogP contribution in [0.5, 0.6) is 0 Å². The highest BCUT2D eigenvalue weighted by atomic mass is 35.5. The molecule has 1 fully saturated rings. The Kier molecular flexibility index (Phi) is 7.18. The smallest absolute Gasteiger partial charge is 0.258 e. The molecule has 3 rings (SSSR count). The molecular weight excluding hydrogens is 350 g/mol. The van der Waals surface area contributed by atoms with Crippen LogP contribution < -0.4 is 15.5 Å². The number of anilines is 2. The summed E-state index contributed by atoms with van der Waals surface area (Å²) in [5.74, 6) is -0.116. The molecule has 1 unspecified atom stereocenters. The molecule has 1 aliphatic rings. The maximum atomic E-state index is 12.7. The van der Waals surface area contributed by atoms with E-state index in [1.165, 1.54) is 0 Å². The second-order valence-corrected chi connectivity index (χ2v) is 6.31. The van der Waals surface area contributed by atoms with E-state index in [4.69, 9.17) is 0 Å². The Morgan fingerprint density at radius 2 is 1.88 bits per heavy atom. The van der Waals surface area contributed by atoms with Crippen molar-refractivity contribution in [3.63, 3.8) is 0 Å². The Morgan fingerprint density at radius 3 is 2.58 bits per heavy atom. The largest absolute Gasteiger partial charge is 0.326 e. The third-order valence-corrected chi connectivity index (χ3v) is 4.49. The van der Waals surface area contributed by atoms with Crippen molar-refractivity contribution in [2.45, 2.75) is 12.8 Å². The van der Waals surface area contributed by atoms with Gasteiger partial charge >= 0.3 is 0 Å². The van der Waals surface area contributed by atoms with E-state index in [9.17, 15) is 9.59 Å². The molecule has 2 aromatic carbocycles. The minimum atomic E-state index is -0.110. The van der Waals surface area contributed by atoms with Gasteiger partial charge in [0.2, 0.25) is 5.91 Å². The number of halogens is 1. The van der Waals surface area contributed by atoms with Gasteiger partial charge in [-0.2, -0.15) is 0 Å². The number of amides is 2. The number of carbonyl (C=O) groups is 2. The van der Waals surface area contributed by atoms with Crippen LogP contribution in [0.3, 0.4) is 0 Å². The fraction of sp³-hybridized carbons (Fsp3) is 0.300. The molecule has 1 saturated heterocycles. The van der Waals surface area contributed by atoms with Crippen LogP contribution in [-0.4, -0.2) is 32.0 Å². The minimum Gasteiger partial charge on any atom is -0.326 e. The molecule has 26 heavy (non-hydrogen) atoms. The maximum Gasteiger partial charge on any atom is 0.258 e. The molecule has 1 heterocycles. The van der Waals surface area contributed by atoms with Gasteiger partial charge < -0.3 is 15.5 Å². The summed E-state index contributed by atoms with van der Waals surface area (Å²) in [5, 5.41) is 6.18. The normalized spacial score (nSPS) is 16.3. The molecule has 138 valence electrons. The van der Waals surface area contributed by atoms with Gasteiger partial charge in [0, 0.05) is 30.5 Å². The lowest BCUT2D eigenvalue weighted by Crippen LogP contribution is -2.37. The van der Waals surface area contributed by atoms with Crippen molar-refractivity contribution in [1.82, 2.24) is 5.32 Å². The number of hydrogen-bond donors (Lipinski definition) is 2. The van der Waals surface area contributed by atoms with Gasteiger partial charge in [0.05, 0.1) is 5.92 Å². The van der Waals surface area contributed by atoms with Crippen LogP contribution in [0.2, 0.25) is 0 Å². The van der Waals surface area contributed by atoms with Crippen molar-refractivity contribution in [1.29, 1.82) is 0 Å². The standard InChI is InChI=1S/C20H23N3O2.ClH/c1-23(18-10-3-2-4-11-18)20(25)15-7-5-9-17(13-15)22-19(24)16-8-6-12-21-14-16;/h2-5,7,9-11,13,16,21H,6,8,12,14H2,1H3,(H,22,24);1H. The van der Waals surface area contributed by atoms with Gasteiger partial charge in [-0.05, 0) is 49.7 Å². The highest BCUT2D eigenvalue weighted by molar-refractivity contribution is 6.06. The predicted molar refractivity (Wildman–Crippen MR) is 107 cm³/mol. The molecule has 0 spiro atoms. The number of benzene rings is 2. The lowest BCUT2D eigenvalue weighted by molar-refractivity contribution is -0.120. The van der Waals surface area contributed by atoms with E-state index in [1.807, 2.05) is 36.4 Å². The zero-order valence-corrected chi connectivity index (χ0v) is 15.6. The molecule has 6 heteroatoms. The van der Waals surface area contributed by atoms with E-state index in [0.717, 1.165) is 25.1 Å². The third-order valence-electron chi connectivity index (χ3n) is 4.49. The molecule has 0 radical (unpaired) electrons. The summed E-state index contributed by atoms with van der Waals surface area (Å²) < 4.78 is 0. The Labute approximate surface area is 160 Å². The van der Waals surface area contributed by atoms with Gasteiger partial charge in [0.1, 0.15) is 0 Å². The highest BCUT2D eigenvalue weighted by Gasteiger charge is 2.21. The molecular formula is C20H24ClN3O2. The lowest BCUT2D eigenvalue weighted by Gasteiger charge is -2.22. The van der Waals surface area contributed by atoms with Gasteiger partial charge in [-0.1, -0.05) is 24.3 Å². The summed E-state index contributed by atoms with van der Waals surface area (Å²) in [6.45, 7) is 1.68. The van der Waals surface area contributed by atoms with E-state index in [0.29, 0.717) is 17.8 Å². The van der Waals surface area contributed by atoms with Crippen molar-refractivity contribution < 1.29 is 9.59 Å². The number of nitrogens with zero attached hydrogens (tertiary/aromatic N) is 1. The Hall–Kier alpha value is -2.37. The van der Waals surface area contributed by atoms with E-state index < -0.39 is 0 Å². The highest BCUT2D eigenvalue weighted by Crippen LogP contribution is 2.19. The molecule has 2 aromatic rings. The summed E-state index contributed by atoms with van der Waals surface area (Å²) >= 11 is 0. The topological polar surface area (TPSA) is 61.4 Å². The third kappa shape index (κ3) is 4.84. The first-order valence-electron chi connectivity index (χ1n) is 8.60. The van der Waals surface area contributed by atoms with Crippen LogP contribution in [0.1, 0.15) is 23.2 Å². The van der Waals surface area contributed by atoms with Crippen molar-refractivity contribution in [3.05, 3.63) is 60.2 Å². The number of carbonyl (C=O) groups excluding carboxylic acids is 2. The first-order chi connectivity index (χ1) is 12.1. The molecule has 0 aliphatic carbocycles. The first kappa shape index (κ1) is 19.9. The second-order valence-electron chi connectivity index (χ2n) is 6.31. The van der Waals surface area contributed by atoms with Gasteiger partial charge in [-0.25, -0.2) is 0 Å². The van der Waals surface area contributed by atoms with E-state index in [-0.39, 0.29) is 30.1 Å². The number of piperidine rings is 1. The maximum absolute atomic E-state index is 12.7. The first-order valence-corrected chi connectivity index (χ1v) is 8.60. The van der Waals surface area contributed by atoms with Gasteiger partial charge in [0.15, 0.2) is 0 Å². The molecule has 2 N–H and O–H groups in total. The van der Waals surface area contributed by atoms with Crippen molar-refractivity contribution in [2.75, 3.05) is 30.4 Å². The molecule has 2 amide bonds. The van der Waals surface area contributed by atoms with Crippen LogP contribution >= 0.6 is 12.4 Å². The number of hydrogen-bond acceptors (Lipinski definition) is 3. The Balaban J connectivity index is 0.00000243. The summed E-state index contributed by atoms with van der Waals surface area (Å²) in [5.41, 5.74) is 2.03. The van der Waals surface area contributed by atoms with E-state index in [2.05, 4.69) is 10.6 Å². The van der Waals surface area contributed by atoms with Crippen LogP contribution in [0.4, 0.5) is 11.4 Å². The fourth-order valence-corrected chi connectivity index (χ4v) is 3.01. The SMILES string of the molecule is CN(C(=O)c1cccc(NC(=O)C2CCCNC2)c1)c1ccccc1.Cl. The average Bonchev–Trinajstić information content (AvgIpc) is 2.68. The van der Waals surface area contributed by atoms with Gasteiger partial charge in [-0.3, -0.25) is 9.59 Å². The predicted octanol–water partition coefficient (Wildman–Crippen LogP) is 3.32. The molecule has 0 aromatic heterocycles. The van der Waals surface area contributed by atoms with Gasteiger partial charge in [0.25, 0.3) is 5.91 Å². The molecule has 1 atom stereocenters. The summed E-state index contributed by atoms with van der Waals surface area (Å²) in [7, 11) is 1.75. The van der Waals surface area contributed by atoms with E-state index >= 15 is 0 Å². The summed E-state index contributed by atoms with van der Waals surface area (Å²) in [6.07, 6.45) is 1.91. The zero-order valence-electron chi connectivity index (χ0n) is 14.8. The van der Waals surface area contributed by atoms with Crippen molar-refractivity contribution in [3.8, 4) is 0 Å². The summed E-state index contributed by atoms with van der Waals surface area (Å²) in [4.78, 5) is 26.6. The Morgan fingerprint density at radius 1 is 1.12 bits per heavy atom. The number of para-hydroxylation sites is 1. The number of nitrogens with one attached hydrogen (secondary N) is 2. The summed E-state index contributed by atoms with van der Waals surface area (Å²) in [6, 6.07) is 16.6. The van der Waals surface area contributed by atoms with Crippen molar-refractivity contribution >= 4 is 35.6 Å². The van der Waals surface area contributed by atoms with Crippen molar-refractivity contribution in [2.24, 2.45) is 5.92 Å². The Bertz CT molecular complexity index is 746. The van der Waals surface area contributed by atoms with E-state index in [1.54, 1.807) is 30.1 Å².